The van der Waals surface area contributed by atoms with E-state index < -0.39 is 0 Å². The Balaban J connectivity index is 1.53. The van der Waals surface area contributed by atoms with Crippen LogP contribution in [0, 0.1) is 12.7 Å². The Bertz CT molecular complexity index is 1290. The highest BCUT2D eigenvalue weighted by Crippen LogP contribution is 2.33. The lowest BCUT2D eigenvalue weighted by Gasteiger charge is -2.27. The molecule has 4 aromatic rings. The molecule has 0 bridgehead atoms. The van der Waals surface area contributed by atoms with Crippen LogP contribution in [0.2, 0.25) is 0 Å². The van der Waals surface area contributed by atoms with E-state index >= 15 is 0 Å². The lowest BCUT2D eigenvalue weighted by Crippen LogP contribution is -2.31. The summed E-state index contributed by atoms with van der Waals surface area (Å²) in [5.41, 5.74) is 6.02. The second-order valence-electron chi connectivity index (χ2n) is 7.68. The molecule has 0 spiro atoms. The second-order valence-corrected chi connectivity index (χ2v) is 7.68. The molecule has 0 saturated carbocycles. The molecular formula is C26H22FN5. The van der Waals surface area contributed by atoms with Crippen LogP contribution < -0.4 is 10.6 Å². The number of nitrogens with zero attached hydrogens (tertiary/aromatic N) is 3. The van der Waals surface area contributed by atoms with Crippen LogP contribution in [0.4, 0.5) is 10.1 Å². The van der Waals surface area contributed by atoms with E-state index in [0.29, 0.717) is 12.1 Å². The van der Waals surface area contributed by atoms with E-state index in [1.165, 1.54) is 6.07 Å². The van der Waals surface area contributed by atoms with Crippen molar-refractivity contribution in [2.24, 2.45) is 4.99 Å². The van der Waals surface area contributed by atoms with Crippen LogP contribution in [0.15, 0.2) is 90.2 Å². The molecule has 5 rings (SSSR count). The number of hydrogen-bond acceptors (Lipinski definition) is 5. The number of aliphatic imine (C=N–C) groups is 1. The third-order valence-electron chi connectivity index (χ3n) is 5.39. The molecule has 1 aliphatic rings. The Hall–Kier alpha value is -4.06. The average Bonchev–Trinajstić information content (AvgIpc) is 2.83. The molecule has 32 heavy (non-hydrogen) atoms. The first-order chi connectivity index (χ1) is 15.7. The van der Waals surface area contributed by atoms with Gasteiger partial charge in [-0.25, -0.2) is 9.38 Å². The second kappa shape index (κ2) is 8.59. The number of fused-ring (bicyclic) bond motifs is 1. The predicted molar refractivity (Wildman–Crippen MR) is 125 cm³/mol. The molecule has 0 saturated heterocycles. The van der Waals surface area contributed by atoms with Crippen molar-refractivity contribution in [2.75, 3.05) is 5.32 Å². The van der Waals surface area contributed by atoms with Crippen LogP contribution in [0.3, 0.4) is 0 Å². The standard InChI is InChI=1S/C26H22FN5/c1-17-6-4-8-20(30-17)16-29-26-22-14-18(21-9-2-3-10-23(21)27)11-12-24(22)31-25(32-26)19-7-5-13-28-15-19/h2-15,25,31H,16H2,1H3,(H,29,32). The van der Waals surface area contributed by atoms with E-state index in [0.717, 1.165) is 39.6 Å². The topological polar surface area (TPSA) is 62.2 Å². The first-order valence-corrected chi connectivity index (χ1v) is 10.5. The van der Waals surface area contributed by atoms with Gasteiger partial charge in [-0.3, -0.25) is 9.97 Å². The maximum Gasteiger partial charge on any atom is 0.148 e. The minimum atomic E-state index is -0.275. The van der Waals surface area contributed by atoms with Gasteiger partial charge in [0.2, 0.25) is 0 Å². The maximum atomic E-state index is 14.4. The number of benzene rings is 2. The largest absolute Gasteiger partial charge is 0.364 e. The summed E-state index contributed by atoms with van der Waals surface area (Å²) in [5, 5.41) is 6.91. The van der Waals surface area contributed by atoms with Crippen molar-refractivity contribution < 1.29 is 4.39 Å². The average molecular weight is 423 g/mol. The van der Waals surface area contributed by atoms with E-state index in [2.05, 4.69) is 20.6 Å². The summed E-state index contributed by atoms with van der Waals surface area (Å²) in [6, 6.07) is 22.5. The van der Waals surface area contributed by atoms with Gasteiger partial charge in [-0.15, -0.1) is 0 Å². The molecule has 0 amide bonds. The van der Waals surface area contributed by atoms with Crippen LogP contribution in [0.25, 0.3) is 11.1 Å². The van der Waals surface area contributed by atoms with E-state index in [4.69, 9.17) is 4.99 Å². The zero-order valence-electron chi connectivity index (χ0n) is 17.6. The number of halogens is 1. The summed E-state index contributed by atoms with van der Waals surface area (Å²) >= 11 is 0. The summed E-state index contributed by atoms with van der Waals surface area (Å²) in [6.45, 7) is 2.50. The smallest absolute Gasteiger partial charge is 0.148 e. The van der Waals surface area contributed by atoms with Gasteiger partial charge < -0.3 is 10.6 Å². The normalized spacial score (nSPS) is 14.8. The highest BCUT2D eigenvalue weighted by molar-refractivity contribution is 6.06. The molecule has 158 valence electrons. The van der Waals surface area contributed by atoms with Gasteiger partial charge in [-0.1, -0.05) is 36.4 Å². The maximum absolute atomic E-state index is 14.4. The van der Waals surface area contributed by atoms with Crippen molar-refractivity contribution in [3.05, 3.63) is 114 Å². The van der Waals surface area contributed by atoms with E-state index in [9.17, 15) is 4.39 Å². The van der Waals surface area contributed by atoms with Crippen molar-refractivity contribution in [1.29, 1.82) is 0 Å². The number of aromatic nitrogens is 2. The molecule has 2 aromatic heterocycles. The Morgan fingerprint density at radius 1 is 0.969 bits per heavy atom. The van der Waals surface area contributed by atoms with Gasteiger partial charge in [0.1, 0.15) is 17.8 Å². The number of amidine groups is 1. The van der Waals surface area contributed by atoms with Gasteiger partial charge in [0.25, 0.3) is 0 Å². The Kier molecular flexibility index (Phi) is 5.34. The monoisotopic (exact) mass is 423 g/mol. The van der Waals surface area contributed by atoms with Crippen molar-refractivity contribution in [3.63, 3.8) is 0 Å². The summed E-state index contributed by atoms with van der Waals surface area (Å²) in [6.07, 6.45) is 3.27. The molecule has 5 nitrogen and oxygen atoms in total. The predicted octanol–water partition coefficient (Wildman–Crippen LogP) is 5.25. The van der Waals surface area contributed by atoms with Crippen molar-refractivity contribution in [2.45, 2.75) is 19.6 Å². The molecule has 1 atom stereocenters. The minimum absolute atomic E-state index is 0.250. The molecule has 1 unspecified atom stereocenters. The highest BCUT2D eigenvalue weighted by atomic mass is 19.1. The number of anilines is 1. The fraction of sp³-hybridized carbons (Fsp3) is 0.115. The molecule has 3 heterocycles. The number of nitrogens with one attached hydrogen (secondary N) is 2. The number of rotatable bonds is 4. The van der Waals surface area contributed by atoms with Crippen LogP contribution in [0.5, 0.6) is 0 Å². The Labute approximate surface area is 186 Å². The number of hydrogen-bond donors (Lipinski definition) is 2. The molecule has 6 heteroatoms. The van der Waals surface area contributed by atoms with Crippen molar-refractivity contribution >= 4 is 11.5 Å². The number of aryl methyl sites for hydroxylation is 1. The fourth-order valence-corrected chi connectivity index (χ4v) is 3.82. The van der Waals surface area contributed by atoms with Crippen molar-refractivity contribution in [3.8, 4) is 11.1 Å². The summed E-state index contributed by atoms with van der Waals surface area (Å²) in [5.74, 6) is 0.481. The van der Waals surface area contributed by atoms with Crippen LogP contribution >= 0.6 is 0 Å². The van der Waals surface area contributed by atoms with Gasteiger partial charge in [-0.05, 0) is 48.9 Å². The highest BCUT2D eigenvalue weighted by Gasteiger charge is 2.22. The number of pyridine rings is 2. The quantitative estimate of drug-likeness (QED) is 0.471. The molecule has 0 radical (unpaired) electrons. The molecule has 0 aliphatic carbocycles. The molecule has 2 N–H and O–H groups in total. The molecule has 0 fully saturated rings. The first-order valence-electron chi connectivity index (χ1n) is 10.5. The minimum Gasteiger partial charge on any atom is -0.364 e. The van der Waals surface area contributed by atoms with Gasteiger partial charge in [0.05, 0.1) is 12.2 Å². The van der Waals surface area contributed by atoms with Gasteiger partial charge in [-0.2, -0.15) is 0 Å². The third-order valence-corrected chi connectivity index (χ3v) is 5.39. The summed E-state index contributed by atoms with van der Waals surface area (Å²) in [4.78, 5) is 13.7. The van der Waals surface area contributed by atoms with E-state index in [-0.39, 0.29) is 12.0 Å². The SMILES string of the molecule is Cc1cccc(CNC2=NC(c3cccnc3)Nc3ccc(-c4ccccc4F)cc32)n1. The fourth-order valence-electron chi connectivity index (χ4n) is 3.82. The van der Waals surface area contributed by atoms with Crippen molar-refractivity contribution in [1.82, 2.24) is 15.3 Å². The molecular weight excluding hydrogens is 401 g/mol. The van der Waals surface area contributed by atoms with Gasteiger partial charge in [0.15, 0.2) is 0 Å². The first kappa shape index (κ1) is 19.9. The lowest BCUT2D eigenvalue weighted by atomic mass is 9.99. The zero-order valence-corrected chi connectivity index (χ0v) is 17.6. The molecule has 1 aliphatic heterocycles. The molecule has 2 aromatic carbocycles. The van der Waals surface area contributed by atoms with Crippen LogP contribution in [0.1, 0.15) is 28.7 Å². The van der Waals surface area contributed by atoms with E-state index in [1.54, 1.807) is 24.5 Å². The van der Waals surface area contributed by atoms with Gasteiger partial charge in [0, 0.05) is 40.5 Å². The third kappa shape index (κ3) is 4.07. The zero-order chi connectivity index (χ0) is 21.9. The Morgan fingerprint density at radius 2 is 1.88 bits per heavy atom. The van der Waals surface area contributed by atoms with Crippen LogP contribution in [-0.2, 0) is 6.54 Å². The van der Waals surface area contributed by atoms with Crippen LogP contribution in [-0.4, -0.2) is 15.8 Å². The Morgan fingerprint density at radius 3 is 2.69 bits per heavy atom. The summed E-state index contributed by atoms with van der Waals surface area (Å²) in [7, 11) is 0. The summed E-state index contributed by atoms with van der Waals surface area (Å²) < 4.78 is 14.4. The van der Waals surface area contributed by atoms with Gasteiger partial charge >= 0.3 is 0 Å². The lowest BCUT2D eigenvalue weighted by molar-refractivity contribution is 0.631. The van der Waals surface area contributed by atoms with E-state index in [1.807, 2.05) is 61.5 Å².